The molecule has 1 aliphatic rings. The van der Waals surface area contributed by atoms with Gasteiger partial charge >= 0.3 is 0 Å². The largest absolute Gasteiger partial charge is 0.377 e. The molecule has 0 N–H and O–H groups in total. The molecule has 1 aromatic carbocycles. The maximum atomic E-state index is 12.8. The zero-order chi connectivity index (χ0) is 16.4. The molecule has 124 valence electrons. The highest BCUT2D eigenvalue weighted by molar-refractivity contribution is 5.79. The van der Waals surface area contributed by atoms with E-state index in [-0.39, 0.29) is 17.9 Å². The number of nitrogens with zero attached hydrogens (tertiary/aromatic N) is 3. The first-order valence-corrected chi connectivity index (χ1v) is 8.38. The number of hydrogen-bond acceptors (Lipinski definition) is 3. The van der Waals surface area contributed by atoms with Gasteiger partial charge in [0.15, 0.2) is 0 Å². The van der Waals surface area contributed by atoms with Crippen LogP contribution >= 0.6 is 0 Å². The van der Waals surface area contributed by atoms with Gasteiger partial charge in [-0.15, -0.1) is 0 Å². The Hall–Kier alpha value is -1.88. The minimum atomic E-state index is -0.0200. The van der Waals surface area contributed by atoms with E-state index in [0.29, 0.717) is 6.54 Å². The zero-order valence-electron chi connectivity index (χ0n) is 14.2. The smallest absolute Gasteiger partial charge is 0.228 e. The third-order valence-electron chi connectivity index (χ3n) is 4.79. The van der Waals surface area contributed by atoms with Crippen LogP contribution in [0.4, 0.5) is 0 Å². The number of para-hydroxylation sites is 2. The molecule has 1 aromatic heterocycles. The lowest BCUT2D eigenvalue weighted by atomic mass is 9.91. The highest BCUT2D eigenvalue weighted by atomic mass is 16.5. The molecule has 1 fully saturated rings. The van der Waals surface area contributed by atoms with Crippen LogP contribution in [0.2, 0.25) is 0 Å². The Labute approximate surface area is 137 Å². The van der Waals surface area contributed by atoms with Crippen molar-refractivity contribution in [3.05, 3.63) is 30.1 Å². The van der Waals surface area contributed by atoms with Gasteiger partial charge in [-0.2, -0.15) is 0 Å². The number of imidazole rings is 1. The van der Waals surface area contributed by atoms with Gasteiger partial charge in [0.2, 0.25) is 5.91 Å². The second kappa shape index (κ2) is 6.71. The van der Waals surface area contributed by atoms with Gasteiger partial charge < -0.3 is 14.2 Å². The molecule has 2 heterocycles. The van der Waals surface area contributed by atoms with E-state index in [0.717, 1.165) is 42.7 Å². The van der Waals surface area contributed by atoms with E-state index < -0.39 is 0 Å². The van der Waals surface area contributed by atoms with Gasteiger partial charge in [0.1, 0.15) is 5.82 Å². The Morgan fingerprint density at radius 1 is 1.43 bits per heavy atom. The first-order chi connectivity index (χ1) is 11.1. The molecule has 2 atom stereocenters. The van der Waals surface area contributed by atoms with Crippen molar-refractivity contribution in [2.24, 2.45) is 13.0 Å². The van der Waals surface area contributed by atoms with Crippen molar-refractivity contribution >= 4 is 16.9 Å². The standard InChI is InChI=1S/C18H25N3O2/c1-4-16-13(8-7-11-23-16)18(22)20(2)12-17-19-14-9-5-6-10-15(14)21(17)3/h5-6,9-10,13,16H,4,7-8,11-12H2,1-3H3/t13-,16-/m0/s1. The van der Waals surface area contributed by atoms with Crippen LogP contribution in [0.3, 0.4) is 0 Å². The number of aromatic nitrogens is 2. The number of aryl methyl sites for hydroxylation is 1. The molecule has 1 saturated heterocycles. The number of amides is 1. The number of fused-ring (bicyclic) bond motifs is 1. The lowest BCUT2D eigenvalue weighted by Crippen LogP contribution is -2.42. The number of benzene rings is 1. The molecule has 0 aliphatic carbocycles. The van der Waals surface area contributed by atoms with Crippen LogP contribution in [-0.2, 0) is 23.1 Å². The fourth-order valence-corrected chi connectivity index (χ4v) is 3.43. The molecular formula is C18H25N3O2. The number of ether oxygens (including phenoxy) is 1. The maximum Gasteiger partial charge on any atom is 0.228 e. The van der Waals surface area contributed by atoms with Crippen LogP contribution in [0.5, 0.6) is 0 Å². The van der Waals surface area contributed by atoms with Crippen molar-refractivity contribution < 1.29 is 9.53 Å². The Kier molecular flexibility index (Phi) is 4.66. The van der Waals surface area contributed by atoms with Crippen molar-refractivity contribution in [1.82, 2.24) is 14.5 Å². The fourth-order valence-electron chi connectivity index (χ4n) is 3.43. The molecule has 0 spiro atoms. The van der Waals surface area contributed by atoms with Gasteiger partial charge in [-0.25, -0.2) is 4.98 Å². The number of carbonyl (C=O) groups excluding carboxylic acids is 1. The summed E-state index contributed by atoms with van der Waals surface area (Å²) in [6.07, 6.45) is 2.83. The van der Waals surface area contributed by atoms with E-state index in [9.17, 15) is 4.79 Å². The van der Waals surface area contributed by atoms with E-state index in [4.69, 9.17) is 4.74 Å². The zero-order valence-corrected chi connectivity index (χ0v) is 14.2. The molecule has 5 nitrogen and oxygen atoms in total. The summed E-state index contributed by atoms with van der Waals surface area (Å²) in [6.45, 7) is 3.38. The summed E-state index contributed by atoms with van der Waals surface area (Å²) < 4.78 is 7.83. The molecule has 0 bridgehead atoms. The van der Waals surface area contributed by atoms with Crippen molar-refractivity contribution in [2.45, 2.75) is 38.8 Å². The Morgan fingerprint density at radius 3 is 2.96 bits per heavy atom. The molecule has 0 saturated carbocycles. The van der Waals surface area contributed by atoms with E-state index in [1.807, 2.05) is 32.3 Å². The summed E-state index contributed by atoms with van der Waals surface area (Å²) in [5.41, 5.74) is 2.06. The predicted molar refractivity (Wildman–Crippen MR) is 89.9 cm³/mol. The molecule has 1 amide bonds. The highest BCUT2D eigenvalue weighted by Gasteiger charge is 2.32. The molecule has 0 radical (unpaired) electrons. The molecule has 5 heteroatoms. The number of hydrogen-bond donors (Lipinski definition) is 0. The minimum absolute atomic E-state index is 0.0200. The lowest BCUT2D eigenvalue weighted by molar-refractivity contribution is -0.144. The number of carbonyl (C=O) groups is 1. The van der Waals surface area contributed by atoms with Crippen LogP contribution in [-0.4, -0.2) is 40.1 Å². The van der Waals surface area contributed by atoms with E-state index >= 15 is 0 Å². The van der Waals surface area contributed by atoms with Crippen molar-refractivity contribution in [2.75, 3.05) is 13.7 Å². The monoisotopic (exact) mass is 315 g/mol. The highest BCUT2D eigenvalue weighted by Crippen LogP contribution is 2.25. The van der Waals surface area contributed by atoms with Crippen LogP contribution in [0.15, 0.2) is 24.3 Å². The predicted octanol–water partition coefficient (Wildman–Crippen LogP) is 2.74. The van der Waals surface area contributed by atoms with Gasteiger partial charge in [0.25, 0.3) is 0 Å². The van der Waals surface area contributed by atoms with Crippen LogP contribution < -0.4 is 0 Å². The van der Waals surface area contributed by atoms with Crippen LogP contribution in [0.1, 0.15) is 32.0 Å². The molecule has 3 rings (SSSR count). The van der Waals surface area contributed by atoms with Crippen LogP contribution in [0, 0.1) is 5.92 Å². The summed E-state index contributed by atoms with van der Waals surface area (Å²) in [4.78, 5) is 19.3. The number of rotatable bonds is 4. The molecule has 23 heavy (non-hydrogen) atoms. The van der Waals surface area contributed by atoms with E-state index in [1.165, 1.54) is 0 Å². The topological polar surface area (TPSA) is 47.4 Å². The van der Waals surface area contributed by atoms with Gasteiger partial charge in [-0.05, 0) is 31.4 Å². The van der Waals surface area contributed by atoms with Crippen molar-refractivity contribution in [1.29, 1.82) is 0 Å². The first kappa shape index (κ1) is 16.0. The summed E-state index contributed by atoms with van der Waals surface area (Å²) >= 11 is 0. The Morgan fingerprint density at radius 2 is 2.22 bits per heavy atom. The van der Waals surface area contributed by atoms with Gasteiger partial charge in [-0.3, -0.25) is 4.79 Å². The maximum absolute atomic E-state index is 12.8. The van der Waals surface area contributed by atoms with Gasteiger partial charge in [0, 0.05) is 20.7 Å². The van der Waals surface area contributed by atoms with Gasteiger partial charge in [-0.1, -0.05) is 19.1 Å². The van der Waals surface area contributed by atoms with E-state index in [1.54, 1.807) is 4.90 Å². The average Bonchev–Trinajstić information content (AvgIpc) is 2.90. The molecule has 2 aromatic rings. The lowest BCUT2D eigenvalue weighted by Gasteiger charge is -2.32. The fraction of sp³-hybridized carbons (Fsp3) is 0.556. The second-order valence-corrected chi connectivity index (χ2v) is 6.34. The summed E-state index contributed by atoms with van der Waals surface area (Å²) in [6, 6.07) is 8.05. The SMILES string of the molecule is CC[C@@H]1OCCC[C@@H]1C(=O)N(C)Cc1nc2ccccc2n1C. The van der Waals surface area contributed by atoms with Crippen molar-refractivity contribution in [3.63, 3.8) is 0 Å². The Bertz CT molecular complexity index is 695. The Balaban J connectivity index is 1.75. The third kappa shape index (κ3) is 3.11. The first-order valence-electron chi connectivity index (χ1n) is 8.38. The average molecular weight is 315 g/mol. The second-order valence-electron chi connectivity index (χ2n) is 6.34. The summed E-state index contributed by atoms with van der Waals surface area (Å²) in [5, 5.41) is 0. The molecule has 0 unspecified atom stereocenters. The molecular weight excluding hydrogens is 290 g/mol. The summed E-state index contributed by atoms with van der Waals surface area (Å²) in [5.74, 6) is 1.06. The summed E-state index contributed by atoms with van der Waals surface area (Å²) in [7, 11) is 3.87. The quantitative estimate of drug-likeness (QED) is 0.871. The van der Waals surface area contributed by atoms with Crippen LogP contribution in [0.25, 0.3) is 11.0 Å². The molecule has 1 aliphatic heterocycles. The van der Waals surface area contributed by atoms with Crippen molar-refractivity contribution in [3.8, 4) is 0 Å². The van der Waals surface area contributed by atoms with Gasteiger partial charge in [0.05, 0.1) is 29.6 Å². The minimum Gasteiger partial charge on any atom is -0.377 e. The normalized spacial score (nSPS) is 21.5. The van der Waals surface area contributed by atoms with E-state index in [2.05, 4.69) is 22.5 Å². The third-order valence-corrected chi connectivity index (χ3v) is 4.79.